The number of unbranched alkanes of at least 4 members (excludes halogenated alkanes) is 1. The summed E-state index contributed by atoms with van der Waals surface area (Å²) in [4.78, 5) is 22.7. The largest absolute Gasteiger partial charge is 0.394 e. The van der Waals surface area contributed by atoms with E-state index in [9.17, 15) is 30.0 Å². The number of aliphatic hydroxyl groups excluding tert-OH is 4. The molecule has 1 aliphatic heterocycles. The van der Waals surface area contributed by atoms with Crippen LogP contribution in [0.4, 0.5) is 0 Å². The summed E-state index contributed by atoms with van der Waals surface area (Å²) in [6, 6.07) is -0.952. The molecule has 0 radical (unpaired) electrons. The van der Waals surface area contributed by atoms with Gasteiger partial charge in [-0.1, -0.05) is 6.92 Å². The van der Waals surface area contributed by atoms with Gasteiger partial charge in [-0.2, -0.15) is 0 Å². The van der Waals surface area contributed by atoms with Crippen LogP contribution in [0.3, 0.4) is 0 Å². The summed E-state index contributed by atoms with van der Waals surface area (Å²) in [5.74, 6) is -0.339. The molecule has 7 N–H and O–H groups in total. The highest BCUT2D eigenvalue weighted by molar-refractivity contribution is 5.75. The van der Waals surface area contributed by atoms with E-state index >= 15 is 0 Å². The van der Waals surface area contributed by atoms with Crippen molar-refractivity contribution in [1.29, 1.82) is 0 Å². The van der Waals surface area contributed by atoms with Crippen LogP contribution < -0.4 is 16.0 Å². The Morgan fingerprint density at radius 2 is 1.88 bits per heavy atom. The van der Waals surface area contributed by atoms with Gasteiger partial charge >= 0.3 is 0 Å². The number of carbonyl (C=O) groups is 2. The van der Waals surface area contributed by atoms with Crippen molar-refractivity contribution in [3.8, 4) is 0 Å². The van der Waals surface area contributed by atoms with Gasteiger partial charge in [0.15, 0.2) is 6.29 Å². The summed E-state index contributed by atoms with van der Waals surface area (Å²) < 4.78 is 11.1. The van der Waals surface area contributed by atoms with Crippen LogP contribution in [-0.2, 0) is 19.1 Å². The standard InChI is InChI=1S/C21H41N3O8/c1-3-7-17(28)23-10-6-9-22-12-15(27)8-4-5-11-31-21-18(24-14(2)26)20(30)19(29)16(13-25)32-21/h15-16,18-22,25,27,29-30H,3-13H2,1-2H3,(H,23,28)(H,24,26)/t15?,16?,18?,19-,20?,21+/m0/s1. The second kappa shape index (κ2) is 16.3. The number of hydrogen-bond donors (Lipinski definition) is 7. The maximum atomic E-state index is 11.4. The Morgan fingerprint density at radius 1 is 1.12 bits per heavy atom. The van der Waals surface area contributed by atoms with Crippen molar-refractivity contribution in [2.45, 2.75) is 89.1 Å². The smallest absolute Gasteiger partial charge is 0.219 e. The molecule has 1 heterocycles. The lowest BCUT2D eigenvalue weighted by molar-refractivity contribution is -0.270. The minimum absolute atomic E-state index is 0.0642. The number of ether oxygens (including phenoxy) is 2. The molecule has 1 rings (SSSR count). The Labute approximate surface area is 189 Å². The Kier molecular flexibility index (Phi) is 14.6. The molecule has 11 heteroatoms. The van der Waals surface area contributed by atoms with Gasteiger partial charge in [0.25, 0.3) is 0 Å². The number of hydrogen-bond acceptors (Lipinski definition) is 9. The molecular weight excluding hydrogens is 422 g/mol. The van der Waals surface area contributed by atoms with Gasteiger partial charge in [0.05, 0.1) is 12.7 Å². The van der Waals surface area contributed by atoms with E-state index in [1.807, 2.05) is 6.92 Å². The first-order chi connectivity index (χ1) is 15.3. The molecule has 0 spiro atoms. The van der Waals surface area contributed by atoms with E-state index < -0.39 is 49.3 Å². The maximum Gasteiger partial charge on any atom is 0.219 e. The highest BCUT2D eigenvalue weighted by atomic mass is 16.7. The minimum atomic E-state index is -1.34. The summed E-state index contributed by atoms with van der Waals surface area (Å²) in [5, 5.41) is 48.1. The fourth-order valence-electron chi connectivity index (χ4n) is 3.42. The molecule has 1 aliphatic rings. The molecule has 0 aromatic rings. The van der Waals surface area contributed by atoms with Crippen LogP contribution >= 0.6 is 0 Å². The second-order valence-corrected chi connectivity index (χ2v) is 8.11. The normalized spacial score (nSPS) is 26.5. The zero-order valence-corrected chi connectivity index (χ0v) is 19.2. The van der Waals surface area contributed by atoms with Crippen LogP contribution in [0.2, 0.25) is 0 Å². The molecule has 0 bridgehead atoms. The van der Waals surface area contributed by atoms with Crippen molar-refractivity contribution in [2.75, 3.05) is 32.8 Å². The van der Waals surface area contributed by atoms with Crippen molar-refractivity contribution < 1.29 is 39.5 Å². The fraction of sp³-hybridized carbons (Fsp3) is 0.905. The first-order valence-corrected chi connectivity index (χ1v) is 11.5. The van der Waals surface area contributed by atoms with Gasteiger partial charge in [0.2, 0.25) is 11.8 Å². The summed E-state index contributed by atoms with van der Waals surface area (Å²) in [6.07, 6.45) is -1.12. The van der Waals surface area contributed by atoms with E-state index in [0.717, 1.165) is 12.8 Å². The number of amides is 2. The van der Waals surface area contributed by atoms with Crippen molar-refractivity contribution >= 4 is 11.8 Å². The van der Waals surface area contributed by atoms with Gasteiger partial charge in [-0.25, -0.2) is 0 Å². The van der Waals surface area contributed by atoms with Crippen molar-refractivity contribution in [2.24, 2.45) is 0 Å². The average molecular weight is 464 g/mol. The molecule has 0 saturated carbocycles. The third kappa shape index (κ3) is 11.0. The van der Waals surface area contributed by atoms with Gasteiger partial charge in [0.1, 0.15) is 24.4 Å². The SMILES string of the molecule is CCCC(=O)NCCCNCC(O)CCCCO[C@@H]1OC(CO)[C@H](O)C(O)C1NC(C)=O. The van der Waals surface area contributed by atoms with E-state index in [1.54, 1.807) is 0 Å². The highest BCUT2D eigenvalue weighted by Gasteiger charge is 2.45. The van der Waals surface area contributed by atoms with Crippen LogP contribution in [0.1, 0.15) is 52.4 Å². The van der Waals surface area contributed by atoms with E-state index in [-0.39, 0.29) is 12.5 Å². The quantitative estimate of drug-likeness (QED) is 0.133. The van der Waals surface area contributed by atoms with Crippen molar-refractivity contribution in [3.63, 3.8) is 0 Å². The van der Waals surface area contributed by atoms with Crippen molar-refractivity contribution in [1.82, 2.24) is 16.0 Å². The monoisotopic (exact) mass is 463 g/mol. The topological polar surface area (TPSA) is 170 Å². The van der Waals surface area contributed by atoms with Crippen molar-refractivity contribution in [3.05, 3.63) is 0 Å². The number of aliphatic hydroxyl groups is 4. The summed E-state index contributed by atoms with van der Waals surface area (Å²) >= 11 is 0. The highest BCUT2D eigenvalue weighted by Crippen LogP contribution is 2.22. The molecule has 188 valence electrons. The maximum absolute atomic E-state index is 11.4. The Balaban J connectivity index is 2.19. The first kappa shape index (κ1) is 28.7. The summed E-state index contributed by atoms with van der Waals surface area (Å²) in [7, 11) is 0. The van der Waals surface area contributed by atoms with Gasteiger partial charge in [-0.15, -0.1) is 0 Å². The second-order valence-electron chi connectivity index (χ2n) is 8.11. The molecule has 4 unspecified atom stereocenters. The number of carbonyl (C=O) groups excluding carboxylic acids is 2. The molecule has 0 aliphatic carbocycles. The number of nitrogens with one attached hydrogen (secondary N) is 3. The Hall–Kier alpha value is -1.34. The molecular formula is C21H41N3O8. The van der Waals surface area contributed by atoms with E-state index in [1.165, 1.54) is 6.92 Å². The molecule has 0 aromatic carbocycles. The lowest BCUT2D eigenvalue weighted by Gasteiger charge is -2.42. The summed E-state index contributed by atoms with van der Waals surface area (Å²) in [6.45, 7) is 4.80. The molecule has 0 aromatic heterocycles. The number of rotatable bonds is 16. The van der Waals surface area contributed by atoms with Crippen LogP contribution in [0.15, 0.2) is 0 Å². The van der Waals surface area contributed by atoms with Crippen LogP contribution in [-0.4, -0.2) is 102 Å². The van der Waals surface area contributed by atoms with Gasteiger partial charge in [0, 0.05) is 33.0 Å². The van der Waals surface area contributed by atoms with Gasteiger partial charge in [-0.05, 0) is 38.6 Å². The van der Waals surface area contributed by atoms with Crippen LogP contribution in [0, 0.1) is 0 Å². The molecule has 1 fully saturated rings. The average Bonchev–Trinajstić information content (AvgIpc) is 2.75. The zero-order chi connectivity index (χ0) is 23.9. The van der Waals surface area contributed by atoms with E-state index in [4.69, 9.17) is 9.47 Å². The molecule has 11 nitrogen and oxygen atoms in total. The molecule has 2 amide bonds. The third-order valence-electron chi connectivity index (χ3n) is 5.17. The predicted molar refractivity (Wildman–Crippen MR) is 117 cm³/mol. The lowest BCUT2D eigenvalue weighted by Crippen LogP contribution is -2.64. The van der Waals surface area contributed by atoms with E-state index in [0.29, 0.717) is 45.3 Å². The van der Waals surface area contributed by atoms with E-state index in [2.05, 4.69) is 16.0 Å². The van der Waals surface area contributed by atoms with Crippen LogP contribution in [0.25, 0.3) is 0 Å². The van der Waals surface area contributed by atoms with Crippen LogP contribution in [0.5, 0.6) is 0 Å². The molecule has 6 atom stereocenters. The molecule has 32 heavy (non-hydrogen) atoms. The van der Waals surface area contributed by atoms with Gasteiger partial charge in [-0.3, -0.25) is 9.59 Å². The first-order valence-electron chi connectivity index (χ1n) is 11.5. The Morgan fingerprint density at radius 3 is 2.53 bits per heavy atom. The lowest BCUT2D eigenvalue weighted by atomic mass is 9.97. The van der Waals surface area contributed by atoms with Gasteiger partial charge < -0.3 is 45.9 Å². The minimum Gasteiger partial charge on any atom is -0.394 e. The molecule has 1 saturated heterocycles. The Bertz CT molecular complexity index is 539. The fourth-order valence-corrected chi connectivity index (χ4v) is 3.42. The zero-order valence-electron chi connectivity index (χ0n) is 19.2. The summed E-state index contributed by atoms with van der Waals surface area (Å²) in [5.41, 5.74) is 0. The predicted octanol–water partition coefficient (Wildman–Crippen LogP) is -1.63. The third-order valence-corrected chi connectivity index (χ3v) is 5.17.